The standard InChI is InChI=1S/C18H16FN3S2/c1-13(2)10-20-18-22(21-11-14-6-5-9-23-14)17(12-24-18)15-7-3-4-8-16(15)19/h3-9,11-12H,1,10H2,2H3. The van der Waals surface area contributed by atoms with Crippen LogP contribution in [0.5, 0.6) is 0 Å². The monoisotopic (exact) mass is 357 g/mol. The summed E-state index contributed by atoms with van der Waals surface area (Å²) >= 11 is 3.03. The van der Waals surface area contributed by atoms with Gasteiger partial charge >= 0.3 is 0 Å². The van der Waals surface area contributed by atoms with E-state index in [1.54, 1.807) is 34.4 Å². The topological polar surface area (TPSA) is 29.6 Å². The summed E-state index contributed by atoms with van der Waals surface area (Å²) in [6.07, 6.45) is 1.77. The summed E-state index contributed by atoms with van der Waals surface area (Å²) in [4.78, 5) is 6.27. The van der Waals surface area contributed by atoms with Crippen LogP contribution in [0.4, 0.5) is 4.39 Å². The van der Waals surface area contributed by atoms with Crippen LogP contribution in [0.2, 0.25) is 0 Å². The number of thiazole rings is 1. The molecule has 0 saturated carbocycles. The largest absolute Gasteiger partial charge is 0.253 e. The van der Waals surface area contributed by atoms with Gasteiger partial charge in [-0.3, -0.25) is 4.99 Å². The summed E-state index contributed by atoms with van der Waals surface area (Å²) < 4.78 is 15.9. The van der Waals surface area contributed by atoms with E-state index in [0.717, 1.165) is 10.5 Å². The first-order valence-corrected chi connectivity index (χ1v) is 9.09. The van der Waals surface area contributed by atoms with Crippen molar-refractivity contribution < 1.29 is 4.39 Å². The Bertz CT molecular complexity index is 933. The lowest BCUT2D eigenvalue weighted by atomic mass is 10.1. The number of thiophene rings is 1. The number of rotatable bonds is 5. The van der Waals surface area contributed by atoms with E-state index >= 15 is 0 Å². The zero-order valence-electron chi connectivity index (χ0n) is 13.1. The molecule has 24 heavy (non-hydrogen) atoms. The van der Waals surface area contributed by atoms with Crippen LogP contribution in [0.1, 0.15) is 11.8 Å². The Kier molecular flexibility index (Phi) is 5.17. The van der Waals surface area contributed by atoms with Crippen molar-refractivity contribution in [1.82, 2.24) is 4.68 Å². The van der Waals surface area contributed by atoms with Gasteiger partial charge in [0.05, 0.1) is 18.5 Å². The fourth-order valence-corrected chi connectivity index (χ4v) is 3.46. The number of hydrogen-bond acceptors (Lipinski definition) is 4. The van der Waals surface area contributed by atoms with Crippen LogP contribution < -0.4 is 4.80 Å². The summed E-state index contributed by atoms with van der Waals surface area (Å²) in [5, 5.41) is 8.39. The van der Waals surface area contributed by atoms with Gasteiger partial charge in [0, 0.05) is 15.8 Å². The number of aromatic nitrogens is 1. The molecule has 0 fully saturated rings. The third-order valence-electron chi connectivity index (χ3n) is 3.16. The van der Waals surface area contributed by atoms with Gasteiger partial charge in [-0.2, -0.15) is 5.10 Å². The molecule has 2 aromatic heterocycles. The summed E-state index contributed by atoms with van der Waals surface area (Å²) in [6.45, 7) is 6.31. The van der Waals surface area contributed by atoms with Crippen molar-refractivity contribution in [3.05, 3.63) is 74.8 Å². The normalized spacial score (nSPS) is 12.2. The summed E-state index contributed by atoms with van der Waals surface area (Å²) in [5.41, 5.74) is 2.16. The smallest absolute Gasteiger partial charge is 0.206 e. The van der Waals surface area contributed by atoms with E-state index in [1.807, 2.05) is 35.9 Å². The number of nitrogens with zero attached hydrogens (tertiary/aromatic N) is 3. The lowest BCUT2D eigenvalue weighted by molar-refractivity contribution is 0.629. The van der Waals surface area contributed by atoms with Gasteiger partial charge in [-0.1, -0.05) is 30.4 Å². The van der Waals surface area contributed by atoms with Crippen molar-refractivity contribution in [2.75, 3.05) is 6.54 Å². The van der Waals surface area contributed by atoms with Gasteiger partial charge in [-0.25, -0.2) is 9.07 Å². The highest BCUT2D eigenvalue weighted by Gasteiger charge is 2.11. The van der Waals surface area contributed by atoms with Gasteiger partial charge in [0.25, 0.3) is 0 Å². The minimum atomic E-state index is -0.276. The predicted octanol–water partition coefficient (Wildman–Crippen LogP) is 4.78. The Balaban J connectivity index is 2.11. The maximum atomic E-state index is 14.2. The first-order chi connectivity index (χ1) is 11.6. The van der Waals surface area contributed by atoms with Gasteiger partial charge < -0.3 is 0 Å². The van der Waals surface area contributed by atoms with Crippen LogP contribution in [-0.4, -0.2) is 17.4 Å². The summed E-state index contributed by atoms with van der Waals surface area (Å²) in [5.74, 6) is -0.276. The molecule has 6 heteroatoms. The first-order valence-electron chi connectivity index (χ1n) is 7.33. The van der Waals surface area contributed by atoms with E-state index in [2.05, 4.69) is 16.7 Å². The Hall–Kier alpha value is -2.31. The van der Waals surface area contributed by atoms with Crippen LogP contribution in [0.15, 0.2) is 69.4 Å². The molecule has 0 bridgehead atoms. The number of halogens is 1. The van der Waals surface area contributed by atoms with Gasteiger partial charge in [0.15, 0.2) is 0 Å². The zero-order valence-corrected chi connectivity index (χ0v) is 14.8. The Morgan fingerprint density at radius 3 is 2.79 bits per heavy atom. The Labute approximate surface area is 147 Å². The van der Waals surface area contributed by atoms with Gasteiger partial charge in [-0.15, -0.1) is 22.7 Å². The number of hydrogen-bond donors (Lipinski definition) is 0. The molecule has 0 radical (unpaired) electrons. The van der Waals surface area contributed by atoms with E-state index in [4.69, 9.17) is 0 Å². The molecule has 0 amide bonds. The van der Waals surface area contributed by atoms with Crippen molar-refractivity contribution in [2.45, 2.75) is 6.92 Å². The zero-order chi connectivity index (χ0) is 16.9. The second-order valence-corrected chi connectivity index (χ2v) is 7.04. The lowest BCUT2D eigenvalue weighted by Gasteiger charge is -2.04. The molecular weight excluding hydrogens is 341 g/mol. The molecule has 3 aromatic rings. The molecule has 0 N–H and O–H groups in total. The average Bonchev–Trinajstić information content (AvgIpc) is 3.21. The van der Waals surface area contributed by atoms with Crippen molar-refractivity contribution in [3.63, 3.8) is 0 Å². The van der Waals surface area contributed by atoms with Crippen molar-refractivity contribution in [2.24, 2.45) is 10.1 Å². The minimum absolute atomic E-state index is 0.276. The molecule has 3 nitrogen and oxygen atoms in total. The Morgan fingerprint density at radius 2 is 2.08 bits per heavy atom. The van der Waals surface area contributed by atoms with Gasteiger partial charge in [-0.05, 0) is 30.5 Å². The molecule has 0 aliphatic carbocycles. The third-order valence-corrected chi connectivity index (χ3v) is 4.82. The highest BCUT2D eigenvalue weighted by Crippen LogP contribution is 2.23. The molecule has 0 unspecified atom stereocenters. The second kappa shape index (κ2) is 7.51. The average molecular weight is 357 g/mol. The van der Waals surface area contributed by atoms with Crippen LogP contribution in [0, 0.1) is 5.82 Å². The maximum absolute atomic E-state index is 14.2. The van der Waals surface area contributed by atoms with E-state index in [1.165, 1.54) is 17.4 Å². The summed E-state index contributed by atoms with van der Waals surface area (Å²) in [7, 11) is 0. The van der Waals surface area contributed by atoms with Gasteiger partial charge in [0.2, 0.25) is 4.80 Å². The van der Waals surface area contributed by atoms with Crippen molar-refractivity contribution in [3.8, 4) is 11.3 Å². The molecule has 1 aromatic carbocycles. The lowest BCUT2D eigenvalue weighted by Crippen LogP contribution is -2.13. The highest BCUT2D eigenvalue weighted by molar-refractivity contribution is 7.11. The van der Waals surface area contributed by atoms with Crippen LogP contribution >= 0.6 is 22.7 Å². The number of benzene rings is 1. The highest BCUT2D eigenvalue weighted by atomic mass is 32.1. The molecule has 0 aliphatic rings. The first kappa shape index (κ1) is 16.5. The SMILES string of the molecule is C=C(C)CN=c1scc(-c2ccccc2F)n1N=Cc1cccs1. The van der Waals surface area contributed by atoms with E-state index < -0.39 is 0 Å². The Morgan fingerprint density at radius 1 is 1.25 bits per heavy atom. The van der Waals surface area contributed by atoms with Crippen LogP contribution in [0.3, 0.4) is 0 Å². The quantitative estimate of drug-likeness (QED) is 0.465. The molecule has 0 aliphatic heterocycles. The van der Waals surface area contributed by atoms with Crippen molar-refractivity contribution in [1.29, 1.82) is 0 Å². The summed E-state index contributed by atoms with van der Waals surface area (Å²) in [6, 6.07) is 10.6. The fraction of sp³-hybridized carbons (Fsp3) is 0.111. The van der Waals surface area contributed by atoms with E-state index in [-0.39, 0.29) is 5.82 Å². The minimum Gasteiger partial charge on any atom is -0.253 e. The molecule has 3 rings (SSSR count). The van der Waals surface area contributed by atoms with Crippen LogP contribution in [0.25, 0.3) is 11.3 Å². The second-order valence-electron chi connectivity index (χ2n) is 5.23. The molecule has 0 atom stereocenters. The third kappa shape index (κ3) is 3.77. The molecule has 122 valence electrons. The van der Waals surface area contributed by atoms with Crippen molar-refractivity contribution >= 4 is 28.9 Å². The predicted molar refractivity (Wildman–Crippen MR) is 100 cm³/mol. The van der Waals surface area contributed by atoms with Gasteiger partial charge in [0.1, 0.15) is 5.82 Å². The molecule has 0 saturated heterocycles. The molecular formula is C18H16FN3S2. The van der Waals surface area contributed by atoms with E-state index in [9.17, 15) is 4.39 Å². The maximum Gasteiger partial charge on any atom is 0.206 e. The van der Waals surface area contributed by atoms with Crippen LogP contribution in [-0.2, 0) is 0 Å². The van der Waals surface area contributed by atoms with E-state index in [0.29, 0.717) is 22.6 Å². The molecule has 2 heterocycles. The molecule has 0 spiro atoms. The fourth-order valence-electron chi connectivity index (χ4n) is 2.06.